The van der Waals surface area contributed by atoms with Crippen LogP contribution in [-0.4, -0.2) is 49.5 Å². The molecule has 10 heteroatoms. The number of benzene rings is 3. The molecule has 7 nitrogen and oxygen atoms in total. The molecule has 1 atom stereocenters. The lowest BCUT2D eigenvalue weighted by molar-refractivity contribution is -0.140. The lowest BCUT2D eigenvalue weighted by atomic mass is 10.0. The molecule has 2 amide bonds. The first kappa shape index (κ1) is 30.7. The second-order valence-corrected chi connectivity index (χ2v) is 12.7. The van der Waals surface area contributed by atoms with Crippen molar-refractivity contribution < 1.29 is 26.8 Å². The highest BCUT2D eigenvalue weighted by Crippen LogP contribution is 2.23. The first-order chi connectivity index (χ1) is 18.6. The van der Waals surface area contributed by atoms with Gasteiger partial charge < -0.3 is 10.2 Å². The lowest BCUT2D eigenvalue weighted by Crippen LogP contribution is -2.56. The van der Waals surface area contributed by atoms with Crippen LogP contribution < -0.4 is 9.62 Å². The van der Waals surface area contributed by atoms with E-state index in [-0.39, 0.29) is 18.7 Å². The molecule has 0 heterocycles. The molecule has 0 aromatic heterocycles. The standard InChI is InChI=1S/C30H35F2N3O4S/c1-21-11-13-23(14-12-21)19-34(27(29(37)33-30(2,3)4)17-22-9-7-6-8-10-22)28(36)20-35(40(5,38)39)24-15-16-25(31)26(32)18-24/h6-16,18,27H,17,19-20H2,1-5H3,(H,33,37). The van der Waals surface area contributed by atoms with E-state index < -0.39 is 51.6 Å². The molecule has 0 aliphatic heterocycles. The van der Waals surface area contributed by atoms with Crippen molar-refractivity contribution in [2.75, 3.05) is 17.1 Å². The Balaban J connectivity index is 2.08. The van der Waals surface area contributed by atoms with Gasteiger partial charge in [-0.25, -0.2) is 17.2 Å². The Labute approximate surface area is 234 Å². The van der Waals surface area contributed by atoms with E-state index >= 15 is 0 Å². The summed E-state index contributed by atoms with van der Waals surface area (Å²) in [5, 5.41) is 2.94. The van der Waals surface area contributed by atoms with Gasteiger partial charge in [0.25, 0.3) is 0 Å². The largest absolute Gasteiger partial charge is 0.350 e. The Morgan fingerprint density at radius 2 is 1.52 bits per heavy atom. The number of nitrogens with one attached hydrogen (secondary N) is 1. The number of aryl methyl sites for hydroxylation is 1. The lowest BCUT2D eigenvalue weighted by Gasteiger charge is -2.35. The Bertz CT molecular complexity index is 1440. The first-order valence-corrected chi connectivity index (χ1v) is 14.6. The van der Waals surface area contributed by atoms with E-state index in [0.717, 1.165) is 41.1 Å². The molecular formula is C30H35F2N3O4S. The highest BCUT2D eigenvalue weighted by molar-refractivity contribution is 7.92. The number of hydrogen-bond donors (Lipinski definition) is 1. The summed E-state index contributed by atoms with van der Waals surface area (Å²) in [6.45, 7) is 6.70. The topological polar surface area (TPSA) is 86.8 Å². The minimum Gasteiger partial charge on any atom is -0.350 e. The predicted molar refractivity (Wildman–Crippen MR) is 152 cm³/mol. The number of anilines is 1. The summed E-state index contributed by atoms with van der Waals surface area (Å²) in [7, 11) is -4.09. The molecule has 3 aromatic rings. The van der Waals surface area contributed by atoms with Crippen LogP contribution in [0.1, 0.15) is 37.5 Å². The summed E-state index contributed by atoms with van der Waals surface area (Å²) in [6.07, 6.45) is 1.05. The quantitative estimate of drug-likeness (QED) is 0.386. The monoisotopic (exact) mass is 571 g/mol. The predicted octanol–water partition coefficient (Wildman–Crippen LogP) is 4.59. The van der Waals surface area contributed by atoms with Gasteiger partial charge in [-0.05, 0) is 51.0 Å². The van der Waals surface area contributed by atoms with Gasteiger partial charge in [0, 0.05) is 24.6 Å². The van der Waals surface area contributed by atoms with E-state index in [0.29, 0.717) is 4.31 Å². The number of sulfonamides is 1. The highest BCUT2D eigenvalue weighted by atomic mass is 32.2. The normalized spacial score (nSPS) is 12.5. The van der Waals surface area contributed by atoms with E-state index in [4.69, 9.17) is 0 Å². The first-order valence-electron chi connectivity index (χ1n) is 12.8. The van der Waals surface area contributed by atoms with Crippen LogP contribution in [0.4, 0.5) is 14.5 Å². The van der Waals surface area contributed by atoms with Gasteiger partial charge in [-0.3, -0.25) is 13.9 Å². The zero-order valence-corrected chi connectivity index (χ0v) is 24.1. The SMILES string of the molecule is Cc1ccc(CN(C(=O)CN(c2ccc(F)c(F)c2)S(C)(=O)=O)C(Cc2ccccc2)C(=O)NC(C)(C)C)cc1. The maximum atomic E-state index is 14.0. The van der Waals surface area contributed by atoms with Crippen molar-refractivity contribution in [2.24, 2.45) is 0 Å². The summed E-state index contributed by atoms with van der Waals surface area (Å²) >= 11 is 0. The molecule has 214 valence electrons. The van der Waals surface area contributed by atoms with Crippen LogP contribution in [0.25, 0.3) is 0 Å². The fraction of sp³-hybridized carbons (Fsp3) is 0.333. The van der Waals surface area contributed by atoms with E-state index in [1.165, 1.54) is 4.90 Å². The van der Waals surface area contributed by atoms with E-state index in [9.17, 15) is 26.8 Å². The minimum atomic E-state index is -4.09. The van der Waals surface area contributed by atoms with Gasteiger partial charge in [-0.15, -0.1) is 0 Å². The summed E-state index contributed by atoms with van der Waals surface area (Å²) in [5.74, 6) is -3.48. The van der Waals surface area contributed by atoms with Crippen molar-refractivity contribution in [1.82, 2.24) is 10.2 Å². The van der Waals surface area contributed by atoms with Gasteiger partial charge in [0.05, 0.1) is 11.9 Å². The Kier molecular flexibility index (Phi) is 9.68. The van der Waals surface area contributed by atoms with Crippen LogP contribution in [0, 0.1) is 18.6 Å². The molecule has 0 bridgehead atoms. The molecule has 0 saturated carbocycles. The van der Waals surface area contributed by atoms with Crippen molar-refractivity contribution >= 4 is 27.5 Å². The average Bonchev–Trinajstić information content (AvgIpc) is 2.86. The van der Waals surface area contributed by atoms with Crippen LogP contribution in [0.5, 0.6) is 0 Å². The van der Waals surface area contributed by atoms with E-state index in [1.54, 1.807) is 0 Å². The Morgan fingerprint density at radius 1 is 0.900 bits per heavy atom. The van der Waals surface area contributed by atoms with Crippen LogP contribution in [-0.2, 0) is 32.6 Å². The number of hydrogen-bond acceptors (Lipinski definition) is 4. The van der Waals surface area contributed by atoms with E-state index in [2.05, 4.69) is 5.32 Å². The Hall–Kier alpha value is -3.79. The fourth-order valence-electron chi connectivity index (χ4n) is 4.15. The van der Waals surface area contributed by atoms with Gasteiger partial charge >= 0.3 is 0 Å². The molecule has 3 rings (SSSR count). The maximum absolute atomic E-state index is 14.0. The number of amides is 2. The number of carbonyl (C=O) groups excluding carboxylic acids is 2. The molecule has 1 unspecified atom stereocenters. The third kappa shape index (κ3) is 8.61. The molecule has 1 N–H and O–H groups in total. The molecule has 0 aliphatic rings. The smallest absolute Gasteiger partial charge is 0.244 e. The second-order valence-electron chi connectivity index (χ2n) is 10.8. The van der Waals surface area contributed by atoms with Crippen LogP contribution >= 0.6 is 0 Å². The molecule has 0 radical (unpaired) electrons. The van der Waals surface area contributed by atoms with E-state index in [1.807, 2.05) is 82.3 Å². The maximum Gasteiger partial charge on any atom is 0.244 e. The van der Waals surface area contributed by atoms with Crippen molar-refractivity contribution in [3.63, 3.8) is 0 Å². The van der Waals surface area contributed by atoms with Crippen molar-refractivity contribution in [3.05, 3.63) is 101 Å². The molecular weight excluding hydrogens is 536 g/mol. The zero-order valence-electron chi connectivity index (χ0n) is 23.3. The zero-order chi connectivity index (χ0) is 29.7. The number of nitrogens with zero attached hydrogens (tertiary/aromatic N) is 2. The molecule has 3 aromatic carbocycles. The Morgan fingerprint density at radius 3 is 2.08 bits per heavy atom. The highest BCUT2D eigenvalue weighted by Gasteiger charge is 2.34. The molecule has 0 fully saturated rings. The second kappa shape index (κ2) is 12.6. The summed E-state index contributed by atoms with van der Waals surface area (Å²) < 4.78 is 53.8. The van der Waals surface area contributed by atoms with Crippen molar-refractivity contribution in [2.45, 2.75) is 52.2 Å². The van der Waals surface area contributed by atoms with Gasteiger partial charge in [-0.2, -0.15) is 0 Å². The van der Waals surface area contributed by atoms with Gasteiger partial charge in [0.2, 0.25) is 21.8 Å². The van der Waals surface area contributed by atoms with Gasteiger partial charge in [0.15, 0.2) is 11.6 Å². The summed E-state index contributed by atoms with van der Waals surface area (Å²) in [5.41, 5.74) is 1.74. The third-order valence-corrected chi connectivity index (χ3v) is 7.25. The molecule has 40 heavy (non-hydrogen) atoms. The van der Waals surface area contributed by atoms with Crippen LogP contribution in [0.2, 0.25) is 0 Å². The summed E-state index contributed by atoms with van der Waals surface area (Å²) in [6, 6.07) is 18.2. The van der Waals surface area contributed by atoms with Gasteiger partial charge in [0.1, 0.15) is 12.6 Å². The molecule has 0 saturated heterocycles. The van der Waals surface area contributed by atoms with Crippen LogP contribution in [0.3, 0.4) is 0 Å². The minimum absolute atomic E-state index is 0.0174. The van der Waals surface area contributed by atoms with Crippen LogP contribution in [0.15, 0.2) is 72.8 Å². The summed E-state index contributed by atoms with van der Waals surface area (Å²) in [4.78, 5) is 29.0. The number of carbonyl (C=O) groups is 2. The number of halogens is 2. The van der Waals surface area contributed by atoms with Crippen molar-refractivity contribution in [3.8, 4) is 0 Å². The third-order valence-electron chi connectivity index (χ3n) is 6.11. The average molecular weight is 572 g/mol. The molecule has 0 aliphatic carbocycles. The number of rotatable bonds is 10. The molecule has 0 spiro atoms. The fourth-order valence-corrected chi connectivity index (χ4v) is 4.99. The van der Waals surface area contributed by atoms with Gasteiger partial charge in [-0.1, -0.05) is 60.2 Å². The van der Waals surface area contributed by atoms with Crippen molar-refractivity contribution in [1.29, 1.82) is 0 Å².